The molecule has 312 valence electrons. The van der Waals surface area contributed by atoms with Crippen LogP contribution in [0.2, 0.25) is 0 Å². The third-order valence-electron chi connectivity index (χ3n) is 15.3. The van der Waals surface area contributed by atoms with Crippen molar-refractivity contribution in [2.75, 3.05) is 0 Å². The van der Waals surface area contributed by atoms with Crippen LogP contribution < -0.4 is 16.4 Å². The number of hydrogen-bond acceptors (Lipinski definition) is 2. The average molecular weight is 830 g/mol. The van der Waals surface area contributed by atoms with Gasteiger partial charge in [0, 0.05) is 33.3 Å². The number of fused-ring (bicyclic) bond motifs is 10. The lowest BCUT2D eigenvalue weighted by Gasteiger charge is -2.34. The van der Waals surface area contributed by atoms with E-state index in [1.807, 2.05) is 0 Å². The molecule has 5 heterocycles. The van der Waals surface area contributed by atoms with Crippen LogP contribution in [0.1, 0.15) is 83.7 Å². The summed E-state index contributed by atoms with van der Waals surface area (Å²) in [6, 6.07) is 39.5. The highest BCUT2D eigenvalue weighted by Crippen LogP contribution is 2.45. The Morgan fingerprint density at radius 1 is 0.516 bits per heavy atom. The van der Waals surface area contributed by atoms with Gasteiger partial charge in [-0.25, -0.2) is 9.97 Å². The number of para-hydroxylation sites is 1. The fraction of sp³-hybridized carbons (Fsp3) is 0.241. The zero-order chi connectivity index (χ0) is 43.7. The van der Waals surface area contributed by atoms with Crippen molar-refractivity contribution in [2.45, 2.75) is 93.4 Å². The second-order valence-electron chi connectivity index (χ2n) is 20.3. The van der Waals surface area contributed by atoms with Gasteiger partial charge in [-0.15, -0.1) is 0 Å². The van der Waals surface area contributed by atoms with Gasteiger partial charge in [-0.05, 0) is 163 Å². The number of hydrogen-bond donors (Lipinski definition) is 0. The third kappa shape index (κ3) is 4.86. The molecule has 0 fully saturated rings. The van der Waals surface area contributed by atoms with Gasteiger partial charge in [0.25, 0.3) is 6.71 Å². The maximum absolute atomic E-state index is 6.00. The van der Waals surface area contributed by atoms with Crippen LogP contribution in [0.15, 0.2) is 103 Å². The van der Waals surface area contributed by atoms with Crippen LogP contribution in [0.4, 0.5) is 0 Å². The van der Waals surface area contributed by atoms with Crippen LogP contribution in [0, 0.1) is 41.5 Å². The van der Waals surface area contributed by atoms with Gasteiger partial charge in [0.2, 0.25) is 0 Å². The first kappa shape index (κ1) is 37.9. The largest absolute Gasteiger partial charge is 0.307 e. The summed E-state index contributed by atoms with van der Waals surface area (Å²) in [5.74, 6) is 2.05. The Bertz CT molecular complexity index is 3670. The van der Waals surface area contributed by atoms with Gasteiger partial charge in [0.1, 0.15) is 17.2 Å². The van der Waals surface area contributed by atoms with Gasteiger partial charge < -0.3 is 4.57 Å². The predicted octanol–water partition coefficient (Wildman–Crippen LogP) is 12.0. The lowest BCUT2D eigenvalue weighted by atomic mass is 9.34. The molecule has 3 aromatic heterocycles. The fourth-order valence-corrected chi connectivity index (χ4v) is 12.4. The number of aromatic nitrogens is 5. The Kier molecular flexibility index (Phi) is 7.67. The average Bonchev–Trinajstić information content (AvgIpc) is 3.95. The topological polar surface area (TPSA) is 40.6 Å². The Hall–Kier alpha value is -6.66. The molecule has 1 aliphatic carbocycles. The molecule has 0 unspecified atom stereocenters. The Morgan fingerprint density at radius 2 is 1.05 bits per heavy atom. The lowest BCUT2D eigenvalue weighted by Crippen LogP contribution is -2.59. The van der Waals surface area contributed by atoms with Crippen molar-refractivity contribution < 1.29 is 0 Å². The molecular weight excluding hydrogens is 777 g/mol. The molecule has 7 aromatic carbocycles. The molecule has 3 aliphatic rings. The monoisotopic (exact) mass is 829 g/mol. The minimum atomic E-state index is -0.0196. The normalized spacial score (nSPS) is 14.0. The van der Waals surface area contributed by atoms with Crippen molar-refractivity contribution in [1.29, 1.82) is 0 Å². The van der Waals surface area contributed by atoms with Crippen molar-refractivity contribution >= 4 is 67.0 Å². The molecule has 0 amide bonds. The molecule has 5 nitrogen and oxygen atoms in total. The number of rotatable bonds is 3. The molecule has 10 aromatic rings. The highest BCUT2D eigenvalue weighted by molar-refractivity contribution is 7.00. The van der Waals surface area contributed by atoms with Crippen LogP contribution in [0.3, 0.4) is 0 Å². The zero-order valence-electron chi connectivity index (χ0n) is 38.5. The molecule has 6 heteroatoms. The zero-order valence-corrected chi connectivity index (χ0v) is 38.5. The highest BCUT2D eigenvalue weighted by Gasteiger charge is 2.44. The third-order valence-corrected chi connectivity index (χ3v) is 15.3. The van der Waals surface area contributed by atoms with Crippen LogP contribution in [0.25, 0.3) is 83.7 Å². The van der Waals surface area contributed by atoms with E-state index in [4.69, 9.17) is 9.97 Å². The van der Waals surface area contributed by atoms with Crippen molar-refractivity contribution in [3.8, 4) is 39.8 Å². The van der Waals surface area contributed by atoms with E-state index in [2.05, 4.69) is 179 Å². The molecule has 0 radical (unpaired) electrons. The van der Waals surface area contributed by atoms with E-state index in [-0.39, 0.29) is 12.1 Å². The van der Waals surface area contributed by atoms with Gasteiger partial charge in [-0.3, -0.25) is 9.13 Å². The first-order valence-electron chi connectivity index (χ1n) is 23.3. The van der Waals surface area contributed by atoms with Crippen molar-refractivity contribution in [3.63, 3.8) is 0 Å². The highest BCUT2D eigenvalue weighted by atomic mass is 15.1. The molecule has 0 saturated carbocycles. The molecule has 64 heavy (non-hydrogen) atoms. The predicted molar refractivity (Wildman–Crippen MR) is 269 cm³/mol. The van der Waals surface area contributed by atoms with E-state index in [1.165, 1.54) is 146 Å². The summed E-state index contributed by atoms with van der Waals surface area (Å²) in [7, 11) is 0. The van der Waals surface area contributed by atoms with Gasteiger partial charge in [-0.1, -0.05) is 99.6 Å². The lowest BCUT2D eigenvalue weighted by molar-refractivity contribution is 0.591. The number of imidazole rings is 2. The summed E-state index contributed by atoms with van der Waals surface area (Å²) >= 11 is 0. The van der Waals surface area contributed by atoms with E-state index in [0.29, 0.717) is 0 Å². The number of benzene rings is 7. The van der Waals surface area contributed by atoms with E-state index in [0.717, 1.165) is 30.0 Å². The Labute approximate surface area is 375 Å². The molecule has 0 bridgehead atoms. The maximum atomic E-state index is 6.00. The minimum absolute atomic E-state index is 0.0118. The molecule has 0 atom stereocenters. The smallest absolute Gasteiger partial charge is 0.252 e. The van der Waals surface area contributed by atoms with E-state index in [1.54, 1.807) is 0 Å². The van der Waals surface area contributed by atoms with Gasteiger partial charge >= 0.3 is 0 Å². The van der Waals surface area contributed by atoms with Crippen LogP contribution in [0.5, 0.6) is 0 Å². The number of nitrogens with zero attached hydrogens (tertiary/aromatic N) is 5. The summed E-state index contributed by atoms with van der Waals surface area (Å²) < 4.78 is 7.67. The van der Waals surface area contributed by atoms with Crippen molar-refractivity contribution in [3.05, 3.63) is 153 Å². The first-order chi connectivity index (χ1) is 30.9. The molecule has 0 N–H and O–H groups in total. The molecule has 2 aliphatic heterocycles. The van der Waals surface area contributed by atoms with Crippen molar-refractivity contribution in [1.82, 2.24) is 23.7 Å². The summed E-state index contributed by atoms with van der Waals surface area (Å²) in [5, 5.41) is 2.54. The maximum Gasteiger partial charge on any atom is 0.252 e. The quantitative estimate of drug-likeness (QED) is 0.166. The molecular formula is C58H52BN5. The van der Waals surface area contributed by atoms with E-state index in [9.17, 15) is 0 Å². The summed E-state index contributed by atoms with van der Waals surface area (Å²) in [6.07, 6.45) is 4.58. The fourth-order valence-electron chi connectivity index (χ4n) is 12.4. The first-order valence-corrected chi connectivity index (χ1v) is 23.3. The molecule has 0 saturated heterocycles. The van der Waals surface area contributed by atoms with E-state index < -0.39 is 0 Å². The Balaban J connectivity index is 1.26. The van der Waals surface area contributed by atoms with Gasteiger partial charge in [0.15, 0.2) is 0 Å². The summed E-state index contributed by atoms with van der Waals surface area (Å²) in [4.78, 5) is 11.8. The number of aryl methyl sites for hydroxylation is 8. The molecule has 0 spiro atoms. The second-order valence-corrected chi connectivity index (χ2v) is 20.3. The van der Waals surface area contributed by atoms with Crippen LogP contribution in [-0.4, -0.2) is 30.4 Å². The standard InChI is InChI=1S/C58H52BN5/c1-31-16-12-17-32(2)47(31)56-60-50-39-23-11-10-22-37(39)28-42-54(50)63(56)45-24-15-25-46-49(45)59(42)43-30-41-40-29-38(58(7,8)9)26-27-44(40)62(52-35(5)20-14-21-36(52)6)53(41)51-55(43)64(46)57(61-51)48-33(3)18-13-19-34(48)4/h12-21,24-30H,10-11,22-23H2,1-9H3. The molecule has 13 rings (SSSR count). The SMILES string of the molecule is Cc1cccc(C)c1-c1nc2c3c(cc4c2n1-c1cccc2c1B4c1cc4c5cc(C(C)(C)C)ccc5n(-c5c(C)cccc5C)c4c4nc(-c5c(C)cccc5C)n-2c14)CCCC3. The summed E-state index contributed by atoms with van der Waals surface area (Å²) in [5.41, 5.74) is 29.0. The van der Waals surface area contributed by atoms with Crippen molar-refractivity contribution in [2.24, 2.45) is 0 Å². The van der Waals surface area contributed by atoms with E-state index >= 15 is 0 Å². The Morgan fingerprint density at radius 3 is 1.66 bits per heavy atom. The van der Waals surface area contributed by atoms with Crippen LogP contribution >= 0.6 is 0 Å². The van der Waals surface area contributed by atoms with Crippen LogP contribution in [-0.2, 0) is 18.3 Å². The van der Waals surface area contributed by atoms with Gasteiger partial charge in [-0.2, -0.15) is 0 Å². The van der Waals surface area contributed by atoms with Gasteiger partial charge in [0.05, 0.1) is 33.3 Å². The summed E-state index contributed by atoms with van der Waals surface area (Å²) in [6.45, 7) is 20.5. The second kappa shape index (κ2) is 13.0. The minimum Gasteiger partial charge on any atom is -0.307 e.